The molecular weight excluding hydrogens is 433 g/mol. The van der Waals surface area contributed by atoms with Crippen LogP contribution in [0.25, 0.3) is 0 Å². The van der Waals surface area contributed by atoms with Crippen LogP contribution in [0.3, 0.4) is 0 Å². The normalized spacial score (nSPS) is 24.0. The Labute approximate surface area is 194 Å². The zero-order valence-corrected chi connectivity index (χ0v) is 19.8. The van der Waals surface area contributed by atoms with Gasteiger partial charge in [0.2, 0.25) is 0 Å². The second kappa shape index (κ2) is 8.63. The second-order valence-electron chi connectivity index (χ2n) is 9.74. The highest BCUT2D eigenvalue weighted by Crippen LogP contribution is 2.49. The first-order valence-corrected chi connectivity index (χ1v) is 11.8. The summed E-state index contributed by atoms with van der Waals surface area (Å²) in [5.74, 6) is -0.917. The van der Waals surface area contributed by atoms with Gasteiger partial charge in [0.1, 0.15) is 6.10 Å². The summed E-state index contributed by atoms with van der Waals surface area (Å²) in [7, 11) is 0. The fourth-order valence-electron chi connectivity index (χ4n) is 5.16. The maximum atomic E-state index is 13.4. The molecule has 31 heavy (non-hydrogen) atoms. The monoisotopic (exact) mass is 461 g/mol. The summed E-state index contributed by atoms with van der Waals surface area (Å²) in [6.07, 6.45) is 6.16. The van der Waals surface area contributed by atoms with Gasteiger partial charge in [-0.05, 0) is 56.1 Å². The maximum Gasteiger partial charge on any atom is 0.337 e. The minimum atomic E-state index is -0.581. The average molecular weight is 462 g/mol. The molecule has 1 saturated carbocycles. The van der Waals surface area contributed by atoms with Crippen LogP contribution in [0.1, 0.15) is 77.2 Å². The van der Waals surface area contributed by atoms with Crippen molar-refractivity contribution in [1.29, 1.82) is 0 Å². The maximum absolute atomic E-state index is 13.4. The molecule has 1 aromatic rings. The van der Waals surface area contributed by atoms with Crippen LogP contribution in [-0.2, 0) is 14.3 Å². The molecule has 0 spiro atoms. The number of hydrogen-bond acceptors (Lipinski definition) is 4. The van der Waals surface area contributed by atoms with Crippen LogP contribution >= 0.6 is 23.2 Å². The smallest absolute Gasteiger partial charge is 0.337 e. The summed E-state index contributed by atoms with van der Waals surface area (Å²) in [4.78, 5) is 26.8. The summed E-state index contributed by atoms with van der Waals surface area (Å²) in [6, 6.07) is 5.37. The first-order valence-electron chi connectivity index (χ1n) is 11.1. The highest BCUT2D eigenvalue weighted by molar-refractivity contribution is 6.42. The molecule has 4 rings (SSSR count). The number of dihydropyridines is 1. The summed E-state index contributed by atoms with van der Waals surface area (Å²) < 4.78 is 5.93. The van der Waals surface area contributed by atoms with Gasteiger partial charge < -0.3 is 10.1 Å². The van der Waals surface area contributed by atoms with E-state index in [-0.39, 0.29) is 23.3 Å². The zero-order valence-electron chi connectivity index (χ0n) is 18.3. The predicted molar refractivity (Wildman–Crippen MR) is 123 cm³/mol. The van der Waals surface area contributed by atoms with Crippen molar-refractivity contribution in [3.8, 4) is 0 Å². The molecule has 4 nitrogen and oxygen atoms in total. The van der Waals surface area contributed by atoms with Gasteiger partial charge in [-0.1, -0.05) is 55.6 Å². The van der Waals surface area contributed by atoms with Crippen molar-refractivity contribution in [2.24, 2.45) is 5.41 Å². The Morgan fingerprint density at radius 2 is 1.84 bits per heavy atom. The van der Waals surface area contributed by atoms with E-state index in [2.05, 4.69) is 19.2 Å². The van der Waals surface area contributed by atoms with Crippen LogP contribution in [0.5, 0.6) is 0 Å². The SMILES string of the molecule is CC1=C(C(=O)OC2CCCCC2)[C@H](c2cccc(Cl)c2Cl)C2=C(CC(C)(C)CC2=O)N1. The third-order valence-electron chi connectivity index (χ3n) is 6.58. The largest absolute Gasteiger partial charge is 0.459 e. The number of nitrogens with one attached hydrogen (secondary N) is 1. The zero-order chi connectivity index (χ0) is 22.3. The molecule has 1 aromatic carbocycles. The molecule has 1 heterocycles. The summed E-state index contributed by atoms with van der Waals surface area (Å²) in [5.41, 5.74) is 3.18. The van der Waals surface area contributed by atoms with Gasteiger partial charge in [0.25, 0.3) is 0 Å². The fraction of sp³-hybridized carbons (Fsp3) is 0.520. The molecule has 1 fully saturated rings. The van der Waals surface area contributed by atoms with Gasteiger partial charge in [-0.2, -0.15) is 0 Å². The van der Waals surface area contributed by atoms with Gasteiger partial charge in [0.05, 0.1) is 15.6 Å². The number of ketones is 1. The third kappa shape index (κ3) is 4.42. The lowest BCUT2D eigenvalue weighted by atomic mass is 9.68. The van der Waals surface area contributed by atoms with E-state index in [1.165, 1.54) is 6.42 Å². The highest BCUT2D eigenvalue weighted by atomic mass is 35.5. The van der Waals surface area contributed by atoms with Crippen LogP contribution in [0.2, 0.25) is 10.0 Å². The number of halogens is 2. The summed E-state index contributed by atoms with van der Waals surface area (Å²) in [5, 5.41) is 4.14. The van der Waals surface area contributed by atoms with Gasteiger partial charge in [-0.15, -0.1) is 0 Å². The molecule has 0 amide bonds. The molecule has 0 aromatic heterocycles. The van der Waals surface area contributed by atoms with Crippen molar-refractivity contribution in [3.05, 3.63) is 56.3 Å². The first-order chi connectivity index (χ1) is 14.7. The number of benzene rings is 1. The molecule has 166 valence electrons. The van der Waals surface area contributed by atoms with Gasteiger partial charge in [-0.25, -0.2) is 4.79 Å². The number of allylic oxidation sites excluding steroid dienone is 3. The minimum absolute atomic E-state index is 0.0373. The van der Waals surface area contributed by atoms with E-state index < -0.39 is 5.92 Å². The van der Waals surface area contributed by atoms with E-state index in [9.17, 15) is 9.59 Å². The van der Waals surface area contributed by atoms with Gasteiger partial charge >= 0.3 is 5.97 Å². The van der Waals surface area contributed by atoms with Crippen molar-refractivity contribution in [2.75, 3.05) is 0 Å². The van der Waals surface area contributed by atoms with Gasteiger partial charge in [0.15, 0.2) is 5.78 Å². The minimum Gasteiger partial charge on any atom is -0.459 e. The molecule has 0 saturated heterocycles. The van der Waals surface area contributed by atoms with E-state index in [1.54, 1.807) is 6.07 Å². The summed E-state index contributed by atoms with van der Waals surface area (Å²) >= 11 is 12.9. The van der Waals surface area contributed by atoms with Crippen molar-refractivity contribution in [2.45, 2.75) is 77.7 Å². The van der Waals surface area contributed by atoms with Crippen molar-refractivity contribution < 1.29 is 14.3 Å². The standard InChI is InChI=1S/C25H29Cl2NO3/c1-14-20(24(30)31-15-8-5-4-6-9-15)21(16-10-7-11-17(26)23(16)27)22-18(28-14)12-25(2,3)13-19(22)29/h7,10-11,15,21,28H,4-6,8-9,12-13H2,1-3H3/t21-/m0/s1. The molecule has 3 aliphatic rings. The van der Waals surface area contributed by atoms with Crippen LogP contribution in [0, 0.1) is 5.41 Å². The Morgan fingerprint density at radius 3 is 2.55 bits per heavy atom. The van der Waals surface area contributed by atoms with Crippen LogP contribution in [0.15, 0.2) is 40.7 Å². The van der Waals surface area contributed by atoms with Crippen LogP contribution in [-0.4, -0.2) is 17.9 Å². The van der Waals surface area contributed by atoms with Crippen LogP contribution in [0.4, 0.5) is 0 Å². The number of rotatable bonds is 3. The highest BCUT2D eigenvalue weighted by Gasteiger charge is 2.44. The Morgan fingerprint density at radius 1 is 1.13 bits per heavy atom. The fourth-order valence-corrected chi connectivity index (χ4v) is 5.58. The lowest BCUT2D eigenvalue weighted by Gasteiger charge is -2.40. The van der Waals surface area contributed by atoms with Gasteiger partial charge in [0, 0.05) is 29.3 Å². The molecule has 0 radical (unpaired) electrons. The van der Waals surface area contributed by atoms with Crippen molar-refractivity contribution in [3.63, 3.8) is 0 Å². The molecule has 0 bridgehead atoms. The Kier molecular flexibility index (Phi) is 6.24. The molecule has 1 N–H and O–H groups in total. The number of carbonyl (C=O) groups is 2. The Balaban J connectivity index is 1.80. The molecule has 1 aliphatic heterocycles. The van der Waals surface area contributed by atoms with Crippen molar-refractivity contribution in [1.82, 2.24) is 5.32 Å². The molecule has 6 heteroatoms. The number of esters is 1. The molecule has 1 atom stereocenters. The van der Waals surface area contributed by atoms with E-state index >= 15 is 0 Å². The predicted octanol–water partition coefficient (Wildman–Crippen LogP) is 6.47. The second-order valence-corrected chi connectivity index (χ2v) is 10.5. The lowest BCUT2D eigenvalue weighted by Crippen LogP contribution is -2.39. The van der Waals surface area contributed by atoms with E-state index in [4.69, 9.17) is 27.9 Å². The van der Waals surface area contributed by atoms with Crippen LogP contribution < -0.4 is 5.32 Å². The Bertz CT molecular complexity index is 986. The number of carbonyl (C=O) groups excluding carboxylic acids is 2. The number of Topliss-reactive ketones (excluding diaryl/α,β-unsaturated/α-hetero) is 1. The Hall–Kier alpha value is -1.78. The topological polar surface area (TPSA) is 55.4 Å². The van der Waals surface area contributed by atoms with Gasteiger partial charge in [-0.3, -0.25) is 4.79 Å². The van der Waals surface area contributed by atoms with E-state index in [0.29, 0.717) is 38.9 Å². The van der Waals surface area contributed by atoms with E-state index in [0.717, 1.165) is 37.8 Å². The molecular formula is C25H29Cl2NO3. The van der Waals surface area contributed by atoms with E-state index in [1.807, 2.05) is 19.1 Å². The quantitative estimate of drug-likeness (QED) is 0.523. The number of ether oxygens (including phenoxy) is 1. The molecule has 2 aliphatic carbocycles. The average Bonchev–Trinajstić information content (AvgIpc) is 2.68. The van der Waals surface area contributed by atoms with Crippen molar-refractivity contribution >= 4 is 35.0 Å². The molecule has 0 unspecified atom stereocenters. The third-order valence-corrected chi connectivity index (χ3v) is 7.41. The first kappa shape index (κ1) is 22.4. The number of hydrogen-bond donors (Lipinski definition) is 1. The summed E-state index contributed by atoms with van der Waals surface area (Å²) in [6.45, 7) is 6.05. The lowest BCUT2D eigenvalue weighted by molar-refractivity contribution is -0.146.